The first-order chi connectivity index (χ1) is 17.4. The number of hydrogen-bond acceptors (Lipinski definition) is 5. The summed E-state index contributed by atoms with van der Waals surface area (Å²) in [6, 6.07) is 10.3. The molecular formula is C31H42FNO4. The van der Waals surface area contributed by atoms with Gasteiger partial charge in [0.25, 0.3) is 0 Å². The van der Waals surface area contributed by atoms with Gasteiger partial charge in [0, 0.05) is 37.6 Å². The summed E-state index contributed by atoms with van der Waals surface area (Å²) in [6.07, 6.45) is 10.5. The first-order valence-corrected chi connectivity index (χ1v) is 12.9. The van der Waals surface area contributed by atoms with Crippen LogP contribution in [-0.4, -0.2) is 37.1 Å². The molecule has 0 spiro atoms. The van der Waals surface area contributed by atoms with Crippen molar-refractivity contribution in [2.75, 3.05) is 13.7 Å². The van der Waals surface area contributed by atoms with E-state index < -0.39 is 0 Å². The molecule has 6 unspecified atom stereocenters. The fourth-order valence-electron chi connectivity index (χ4n) is 5.80. The van der Waals surface area contributed by atoms with Crippen molar-refractivity contribution in [1.82, 2.24) is 4.98 Å². The van der Waals surface area contributed by atoms with E-state index in [0.29, 0.717) is 12.5 Å². The number of aromatic nitrogens is 1. The molecule has 2 aromatic rings. The van der Waals surface area contributed by atoms with Gasteiger partial charge in [0.05, 0.1) is 18.4 Å². The number of methoxy groups -OCH3 is 1. The van der Waals surface area contributed by atoms with Crippen molar-refractivity contribution >= 4 is 18.3 Å². The van der Waals surface area contributed by atoms with Crippen LogP contribution in [0.25, 0.3) is 17.2 Å². The number of pyridine rings is 1. The summed E-state index contributed by atoms with van der Waals surface area (Å²) in [5.74, 6) is 0.105. The number of carbonyl (C=O) groups excluding carboxylic acids is 2. The normalized spacial score (nSPS) is 24.3. The van der Waals surface area contributed by atoms with Crippen molar-refractivity contribution in [2.24, 2.45) is 29.6 Å². The lowest BCUT2D eigenvalue weighted by Gasteiger charge is -2.47. The summed E-state index contributed by atoms with van der Waals surface area (Å²) in [6.45, 7) is 6.01. The topological polar surface area (TPSA) is 65.5 Å². The number of hydrogen-bond donors (Lipinski definition) is 0. The highest BCUT2D eigenvalue weighted by Gasteiger charge is 2.45. The molecule has 1 aromatic heterocycles. The van der Waals surface area contributed by atoms with Crippen LogP contribution in [-0.2, 0) is 19.1 Å². The largest absolute Gasteiger partial charge is 0.466 e. The molecule has 0 aliphatic heterocycles. The minimum absolute atomic E-state index is 0. The van der Waals surface area contributed by atoms with E-state index in [1.54, 1.807) is 19.4 Å². The fraction of sp³-hybridized carbons (Fsp3) is 0.516. The average molecular weight is 512 g/mol. The zero-order chi connectivity index (χ0) is 26.1. The summed E-state index contributed by atoms with van der Waals surface area (Å²) >= 11 is 0. The molecular weight excluding hydrogens is 469 g/mol. The van der Waals surface area contributed by atoms with Crippen LogP contribution in [0.5, 0.6) is 0 Å². The van der Waals surface area contributed by atoms with Gasteiger partial charge in [-0.3, -0.25) is 9.78 Å². The molecule has 37 heavy (non-hydrogen) atoms. The second-order valence-corrected chi connectivity index (χ2v) is 9.81. The van der Waals surface area contributed by atoms with Gasteiger partial charge in [-0.15, -0.1) is 0 Å². The van der Waals surface area contributed by atoms with Gasteiger partial charge in [0.1, 0.15) is 12.1 Å². The van der Waals surface area contributed by atoms with Crippen molar-refractivity contribution in [1.29, 1.82) is 0 Å². The number of esters is 1. The Morgan fingerprint density at radius 2 is 2.00 bits per heavy atom. The molecule has 6 heteroatoms. The highest BCUT2D eigenvalue weighted by Crippen LogP contribution is 2.48. The summed E-state index contributed by atoms with van der Waals surface area (Å²) in [4.78, 5) is 28.1. The van der Waals surface area contributed by atoms with Crippen LogP contribution in [0.1, 0.15) is 59.6 Å². The fourth-order valence-corrected chi connectivity index (χ4v) is 5.80. The maximum absolute atomic E-state index is 13.6. The van der Waals surface area contributed by atoms with Gasteiger partial charge < -0.3 is 14.3 Å². The summed E-state index contributed by atoms with van der Waals surface area (Å²) in [5, 5.41) is 0. The van der Waals surface area contributed by atoms with E-state index in [-0.39, 0.29) is 49.0 Å². The van der Waals surface area contributed by atoms with Crippen LogP contribution in [0.3, 0.4) is 0 Å². The van der Waals surface area contributed by atoms with E-state index in [0.717, 1.165) is 48.8 Å². The van der Waals surface area contributed by atoms with Crippen molar-refractivity contribution < 1.29 is 23.5 Å². The lowest BCUT2D eigenvalue weighted by atomic mass is 9.59. The number of carbonyl (C=O) groups is 2. The van der Waals surface area contributed by atoms with Gasteiger partial charge in [-0.1, -0.05) is 45.0 Å². The van der Waals surface area contributed by atoms with E-state index in [1.807, 2.05) is 31.2 Å². The van der Waals surface area contributed by atoms with Gasteiger partial charge in [-0.25, -0.2) is 4.39 Å². The zero-order valence-corrected chi connectivity index (χ0v) is 21.7. The zero-order valence-electron chi connectivity index (χ0n) is 21.7. The molecule has 3 rings (SSSR count). The smallest absolute Gasteiger partial charge is 0.302 e. The third-order valence-electron chi connectivity index (χ3n) is 7.55. The molecule has 1 aliphatic carbocycles. The maximum Gasteiger partial charge on any atom is 0.302 e. The number of halogens is 1. The van der Waals surface area contributed by atoms with E-state index in [4.69, 9.17) is 9.47 Å². The minimum Gasteiger partial charge on any atom is -0.466 e. The molecule has 1 fully saturated rings. The predicted molar refractivity (Wildman–Crippen MR) is 146 cm³/mol. The molecule has 1 aliphatic rings. The molecule has 1 aromatic carbocycles. The molecule has 0 radical (unpaired) electrons. The molecule has 0 amide bonds. The maximum atomic E-state index is 13.6. The van der Waals surface area contributed by atoms with Crippen LogP contribution in [0.4, 0.5) is 4.39 Å². The quantitative estimate of drug-likeness (QED) is 0.240. The van der Waals surface area contributed by atoms with Gasteiger partial charge >= 0.3 is 5.97 Å². The first kappa shape index (κ1) is 30.4. The van der Waals surface area contributed by atoms with Crippen LogP contribution < -0.4 is 0 Å². The lowest BCUT2D eigenvalue weighted by molar-refractivity contribution is -0.142. The molecule has 1 saturated carbocycles. The minimum atomic E-state index is -0.278. The van der Waals surface area contributed by atoms with Crippen LogP contribution >= 0.6 is 0 Å². The van der Waals surface area contributed by atoms with Gasteiger partial charge in [-0.2, -0.15) is 0 Å². The summed E-state index contributed by atoms with van der Waals surface area (Å²) in [7, 11) is 1.70. The Balaban J connectivity index is 0.00000481. The van der Waals surface area contributed by atoms with E-state index in [2.05, 4.69) is 18.0 Å². The summed E-state index contributed by atoms with van der Waals surface area (Å²) < 4.78 is 24.6. The third-order valence-corrected chi connectivity index (χ3v) is 7.55. The van der Waals surface area contributed by atoms with E-state index in [1.165, 1.54) is 19.1 Å². The van der Waals surface area contributed by atoms with Crippen LogP contribution in [0, 0.1) is 35.4 Å². The Morgan fingerprint density at radius 1 is 1.22 bits per heavy atom. The van der Waals surface area contributed by atoms with Crippen molar-refractivity contribution in [3.05, 3.63) is 60.2 Å². The highest BCUT2D eigenvalue weighted by atomic mass is 19.1. The number of allylic oxidation sites excluding steroid dienone is 1. The monoisotopic (exact) mass is 511 g/mol. The summed E-state index contributed by atoms with van der Waals surface area (Å²) in [5.41, 5.74) is 2.44. The molecule has 5 nitrogen and oxygen atoms in total. The number of benzene rings is 1. The average Bonchev–Trinajstić information content (AvgIpc) is 2.88. The van der Waals surface area contributed by atoms with Gasteiger partial charge in [0.2, 0.25) is 0 Å². The Bertz CT molecular complexity index is 1020. The van der Waals surface area contributed by atoms with Gasteiger partial charge in [0.15, 0.2) is 0 Å². The van der Waals surface area contributed by atoms with E-state index >= 15 is 0 Å². The van der Waals surface area contributed by atoms with Crippen molar-refractivity contribution in [3.8, 4) is 11.1 Å². The van der Waals surface area contributed by atoms with E-state index in [9.17, 15) is 14.0 Å². The second kappa shape index (κ2) is 14.8. The number of ether oxygens (including phenoxy) is 2. The van der Waals surface area contributed by atoms with Crippen LogP contribution in [0.15, 0.2) is 48.7 Å². The van der Waals surface area contributed by atoms with Crippen molar-refractivity contribution in [3.63, 3.8) is 0 Å². The molecule has 1 heterocycles. The van der Waals surface area contributed by atoms with Crippen molar-refractivity contribution in [2.45, 2.75) is 60.0 Å². The molecule has 202 valence electrons. The third kappa shape index (κ3) is 8.06. The Morgan fingerprint density at radius 3 is 2.59 bits per heavy atom. The van der Waals surface area contributed by atoms with Gasteiger partial charge in [-0.05, 0) is 73.8 Å². The number of aldehydes is 1. The SMILES string of the molecule is C.CCCC1C(CCOC(C)=O)CC(C=O)C(C(C)OC)C1/C=C/c1ccc(-c2cccc(F)c2)cn1. The Labute approximate surface area is 221 Å². The number of rotatable bonds is 11. The molecule has 6 atom stereocenters. The first-order valence-electron chi connectivity index (χ1n) is 12.9. The standard InChI is InChI=1S/C30H38FNO4.CH4/c1-5-7-28-23(14-15-36-21(3)34)16-25(19-33)30(20(2)35-4)29(28)13-12-27-11-10-24(18-32-27)22-8-6-9-26(31)17-22;/h6,8-13,17-20,23,25,28-30H,5,7,14-16H2,1-4H3;1H4/b13-12+;. The lowest BCUT2D eigenvalue weighted by Crippen LogP contribution is -2.45. The predicted octanol–water partition coefficient (Wildman–Crippen LogP) is 7.01. The number of nitrogens with zero attached hydrogens (tertiary/aromatic N) is 1. The molecule has 0 saturated heterocycles. The molecule has 0 N–H and O–H groups in total. The Hall–Kier alpha value is -2.86. The second-order valence-electron chi connectivity index (χ2n) is 9.81. The highest BCUT2D eigenvalue weighted by molar-refractivity contribution is 5.66. The molecule has 0 bridgehead atoms. The Kier molecular flexibility index (Phi) is 12.1. The van der Waals surface area contributed by atoms with Crippen LogP contribution in [0.2, 0.25) is 0 Å².